The second kappa shape index (κ2) is 9.09. The van der Waals surface area contributed by atoms with E-state index in [1.54, 1.807) is 30.3 Å². The molecule has 0 bridgehead atoms. The molecule has 0 aromatic heterocycles. The van der Waals surface area contributed by atoms with Gasteiger partial charge in [0.25, 0.3) is 11.8 Å². The van der Waals surface area contributed by atoms with Crippen LogP contribution in [0.15, 0.2) is 66.4 Å². The molecule has 4 rings (SSSR count). The van der Waals surface area contributed by atoms with Crippen molar-refractivity contribution in [2.45, 2.75) is 33.8 Å². The lowest BCUT2D eigenvalue weighted by Gasteiger charge is -2.20. The number of hydrogen-bond acceptors (Lipinski definition) is 4. The Kier molecular flexibility index (Phi) is 6.20. The van der Waals surface area contributed by atoms with Crippen LogP contribution in [-0.4, -0.2) is 17.9 Å². The summed E-state index contributed by atoms with van der Waals surface area (Å²) in [5, 5.41) is 2.85. The van der Waals surface area contributed by atoms with Gasteiger partial charge in [0.05, 0.1) is 17.4 Å². The Hall–Kier alpha value is -4.00. The fourth-order valence-corrected chi connectivity index (χ4v) is 3.74. The number of ether oxygens (including phenoxy) is 1. The molecule has 0 spiro atoms. The summed E-state index contributed by atoms with van der Waals surface area (Å²) in [4.78, 5) is 28.3. The van der Waals surface area contributed by atoms with Gasteiger partial charge in [-0.3, -0.25) is 9.59 Å². The molecule has 0 saturated heterocycles. The molecule has 0 radical (unpaired) electrons. The van der Waals surface area contributed by atoms with Gasteiger partial charge in [-0.05, 0) is 68.7 Å². The number of carbonyl (C=O) groups is 2. The second-order valence-electron chi connectivity index (χ2n) is 8.38. The third kappa shape index (κ3) is 4.29. The minimum Gasteiger partial charge on any atom is -0.489 e. The Morgan fingerprint density at radius 3 is 2.26 bits per heavy atom. The molecule has 3 aromatic rings. The summed E-state index contributed by atoms with van der Waals surface area (Å²) in [5.74, 6) is -2.86. The Morgan fingerprint density at radius 1 is 0.853 bits per heavy atom. The first-order valence-corrected chi connectivity index (χ1v) is 10.9. The molecule has 1 aliphatic heterocycles. The van der Waals surface area contributed by atoms with E-state index in [1.807, 2.05) is 39.8 Å². The molecule has 5 nitrogen and oxygen atoms in total. The van der Waals surface area contributed by atoms with E-state index in [2.05, 4.69) is 5.32 Å². The molecule has 174 valence electrons. The van der Waals surface area contributed by atoms with Gasteiger partial charge in [0.2, 0.25) is 0 Å². The van der Waals surface area contributed by atoms with Gasteiger partial charge in [0.15, 0.2) is 11.6 Å². The number of halogens is 2. The third-order valence-electron chi connectivity index (χ3n) is 5.54. The molecule has 0 aliphatic carbocycles. The second-order valence-corrected chi connectivity index (χ2v) is 8.38. The van der Waals surface area contributed by atoms with E-state index in [4.69, 9.17) is 4.74 Å². The highest BCUT2D eigenvalue weighted by Gasteiger charge is 2.41. The zero-order chi connectivity index (χ0) is 24.6. The number of hydrogen-bond donors (Lipinski definition) is 1. The van der Waals surface area contributed by atoms with Gasteiger partial charge in [-0.2, -0.15) is 0 Å². The highest BCUT2D eigenvalue weighted by molar-refractivity contribution is 6.46. The van der Waals surface area contributed by atoms with Crippen LogP contribution in [0.2, 0.25) is 0 Å². The number of para-hydroxylation sites is 2. The standard InChI is InChI=1S/C27H24F2N2O3/c1-15(2)34-23-8-6-5-7-22(23)31-26(32)24(18-10-9-16(3)17(4)13-18)25(27(31)33)30-19-11-12-20(28)21(29)14-19/h5-15,30H,1-4H3. The average Bonchev–Trinajstić information content (AvgIpc) is 3.02. The van der Waals surface area contributed by atoms with E-state index in [0.717, 1.165) is 28.2 Å². The number of benzene rings is 3. The highest BCUT2D eigenvalue weighted by atomic mass is 19.2. The van der Waals surface area contributed by atoms with Gasteiger partial charge in [-0.15, -0.1) is 0 Å². The van der Waals surface area contributed by atoms with Crippen LogP contribution in [0.1, 0.15) is 30.5 Å². The zero-order valence-corrected chi connectivity index (χ0v) is 19.3. The fourth-order valence-electron chi connectivity index (χ4n) is 3.74. The molecule has 3 aromatic carbocycles. The Balaban J connectivity index is 1.85. The molecule has 0 saturated carbocycles. The average molecular weight is 462 g/mol. The van der Waals surface area contributed by atoms with Crippen molar-refractivity contribution in [2.24, 2.45) is 0 Å². The number of rotatable bonds is 6. The SMILES string of the molecule is Cc1ccc(C2=C(Nc3ccc(F)c(F)c3)C(=O)N(c3ccccc3OC(C)C)C2=O)cc1C. The minimum absolute atomic E-state index is 0.0291. The number of imide groups is 1. The minimum atomic E-state index is -1.07. The first-order valence-electron chi connectivity index (χ1n) is 10.9. The van der Waals surface area contributed by atoms with Gasteiger partial charge in [0.1, 0.15) is 11.4 Å². The van der Waals surface area contributed by atoms with Crippen LogP contribution in [-0.2, 0) is 9.59 Å². The number of nitrogens with one attached hydrogen (secondary N) is 1. The molecule has 1 aliphatic rings. The molecule has 0 atom stereocenters. The van der Waals surface area contributed by atoms with Crippen LogP contribution in [0.5, 0.6) is 5.75 Å². The summed E-state index contributed by atoms with van der Waals surface area (Å²) in [6.07, 6.45) is -0.180. The van der Waals surface area contributed by atoms with E-state index < -0.39 is 23.4 Å². The Morgan fingerprint density at radius 2 is 1.59 bits per heavy atom. The van der Waals surface area contributed by atoms with Crippen molar-refractivity contribution in [3.8, 4) is 5.75 Å². The molecule has 0 fully saturated rings. The number of amides is 2. The van der Waals surface area contributed by atoms with Gasteiger partial charge in [-0.1, -0.05) is 30.3 Å². The monoisotopic (exact) mass is 462 g/mol. The first-order chi connectivity index (χ1) is 16.2. The van der Waals surface area contributed by atoms with Crippen molar-refractivity contribution < 1.29 is 23.1 Å². The van der Waals surface area contributed by atoms with Crippen LogP contribution in [0.3, 0.4) is 0 Å². The predicted molar refractivity (Wildman–Crippen MR) is 128 cm³/mol. The lowest BCUT2D eigenvalue weighted by molar-refractivity contribution is -0.120. The number of carbonyl (C=O) groups excluding carboxylic acids is 2. The van der Waals surface area contributed by atoms with E-state index in [9.17, 15) is 18.4 Å². The van der Waals surface area contributed by atoms with E-state index >= 15 is 0 Å². The van der Waals surface area contributed by atoms with Crippen molar-refractivity contribution in [3.05, 3.63) is 94.7 Å². The molecule has 1 N–H and O–H groups in total. The molecular weight excluding hydrogens is 438 g/mol. The van der Waals surface area contributed by atoms with Crippen LogP contribution >= 0.6 is 0 Å². The normalized spacial score (nSPS) is 13.8. The molecule has 7 heteroatoms. The molecule has 0 unspecified atom stereocenters. The van der Waals surface area contributed by atoms with Crippen molar-refractivity contribution in [2.75, 3.05) is 10.2 Å². The van der Waals surface area contributed by atoms with Gasteiger partial charge >= 0.3 is 0 Å². The molecular formula is C27H24F2N2O3. The van der Waals surface area contributed by atoms with E-state index in [0.29, 0.717) is 17.0 Å². The number of aryl methyl sites for hydroxylation is 2. The predicted octanol–water partition coefficient (Wildman–Crippen LogP) is 5.77. The van der Waals surface area contributed by atoms with Crippen LogP contribution in [0, 0.1) is 25.5 Å². The summed E-state index contributed by atoms with van der Waals surface area (Å²) in [7, 11) is 0. The highest BCUT2D eigenvalue weighted by Crippen LogP contribution is 2.38. The summed E-state index contributed by atoms with van der Waals surface area (Å²) in [6, 6.07) is 15.4. The summed E-state index contributed by atoms with van der Waals surface area (Å²) >= 11 is 0. The maximum absolute atomic E-state index is 13.9. The van der Waals surface area contributed by atoms with Crippen LogP contribution < -0.4 is 15.0 Å². The molecule has 2 amide bonds. The van der Waals surface area contributed by atoms with E-state index in [1.165, 1.54) is 6.07 Å². The Bertz CT molecular complexity index is 1330. The lowest BCUT2D eigenvalue weighted by Crippen LogP contribution is -2.33. The zero-order valence-electron chi connectivity index (χ0n) is 19.3. The Labute approximate surface area is 196 Å². The van der Waals surface area contributed by atoms with E-state index in [-0.39, 0.29) is 23.1 Å². The van der Waals surface area contributed by atoms with Gasteiger partial charge < -0.3 is 10.1 Å². The maximum atomic E-state index is 13.9. The van der Waals surface area contributed by atoms with Crippen molar-refractivity contribution in [3.63, 3.8) is 0 Å². The maximum Gasteiger partial charge on any atom is 0.282 e. The van der Waals surface area contributed by atoms with Crippen molar-refractivity contribution in [1.82, 2.24) is 0 Å². The summed E-state index contributed by atoms with van der Waals surface area (Å²) in [6.45, 7) is 7.55. The number of nitrogens with zero attached hydrogens (tertiary/aromatic N) is 1. The first kappa shape index (κ1) is 23.2. The van der Waals surface area contributed by atoms with Crippen molar-refractivity contribution >= 4 is 28.8 Å². The summed E-state index contributed by atoms with van der Waals surface area (Å²) < 4.78 is 33.1. The quantitative estimate of drug-likeness (QED) is 0.473. The van der Waals surface area contributed by atoms with Gasteiger partial charge in [-0.25, -0.2) is 13.7 Å². The summed E-state index contributed by atoms with van der Waals surface area (Å²) in [5.41, 5.74) is 3.06. The molecule has 1 heterocycles. The van der Waals surface area contributed by atoms with Crippen molar-refractivity contribution in [1.29, 1.82) is 0 Å². The fraction of sp³-hybridized carbons (Fsp3) is 0.185. The number of anilines is 2. The van der Waals surface area contributed by atoms with Crippen LogP contribution in [0.25, 0.3) is 5.57 Å². The third-order valence-corrected chi connectivity index (χ3v) is 5.54. The van der Waals surface area contributed by atoms with Gasteiger partial charge in [0, 0.05) is 11.8 Å². The topological polar surface area (TPSA) is 58.6 Å². The van der Waals surface area contributed by atoms with Crippen LogP contribution in [0.4, 0.5) is 20.2 Å². The largest absolute Gasteiger partial charge is 0.489 e. The lowest BCUT2D eigenvalue weighted by atomic mass is 9.99. The molecule has 34 heavy (non-hydrogen) atoms. The smallest absolute Gasteiger partial charge is 0.282 e.